The van der Waals surface area contributed by atoms with Crippen LogP contribution in [0.25, 0.3) is 10.8 Å². The lowest BCUT2D eigenvalue weighted by Gasteiger charge is -2.25. The molecule has 0 saturated heterocycles. The van der Waals surface area contributed by atoms with Crippen LogP contribution < -0.4 is 15.5 Å². The average Bonchev–Trinajstić information content (AvgIpc) is 3.69. The van der Waals surface area contributed by atoms with E-state index < -0.39 is 16.0 Å². The molecule has 0 aliphatic carbocycles. The summed E-state index contributed by atoms with van der Waals surface area (Å²) in [7, 11) is -4.02. The number of carbonyl (C=O) groups excluding carboxylic acids is 3. The summed E-state index contributed by atoms with van der Waals surface area (Å²) in [6, 6.07) is 35.5. The molecule has 360 valence electrons. The van der Waals surface area contributed by atoms with Crippen molar-refractivity contribution in [2.24, 2.45) is 0 Å². The van der Waals surface area contributed by atoms with Gasteiger partial charge in [0.2, 0.25) is 17.5 Å². The number of ketones is 1. The first kappa shape index (κ1) is 50.4. The molecule has 7 rings (SSSR count). The van der Waals surface area contributed by atoms with Gasteiger partial charge < -0.3 is 15.5 Å². The predicted octanol–water partition coefficient (Wildman–Crippen LogP) is 10.7. The van der Waals surface area contributed by atoms with Crippen LogP contribution in [0.1, 0.15) is 118 Å². The summed E-state index contributed by atoms with van der Waals surface area (Å²) in [5.74, 6) is -0.816. The van der Waals surface area contributed by atoms with Crippen molar-refractivity contribution in [3.05, 3.63) is 179 Å². The van der Waals surface area contributed by atoms with Crippen LogP contribution in [0.5, 0.6) is 0 Å². The van der Waals surface area contributed by atoms with Gasteiger partial charge in [-0.1, -0.05) is 117 Å². The Kier molecular flexibility index (Phi) is 16.0. The van der Waals surface area contributed by atoms with Crippen LogP contribution in [0, 0.1) is 0 Å². The lowest BCUT2D eigenvalue weighted by Crippen LogP contribution is -2.29. The molecule has 3 N–H and O–H groups in total. The number of amides is 2. The second kappa shape index (κ2) is 21.9. The Balaban J connectivity index is 0.909. The third kappa shape index (κ3) is 11.7. The van der Waals surface area contributed by atoms with Crippen LogP contribution in [0.4, 0.5) is 11.4 Å². The minimum absolute atomic E-state index is 0.0186. The van der Waals surface area contributed by atoms with Gasteiger partial charge in [-0.05, 0) is 105 Å². The lowest BCUT2D eigenvalue weighted by atomic mass is 9.79. The van der Waals surface area contributed by atoms with Gasteiger partial charge in [-0.25, -0.2) is 0 Å². The van der Waals surface area contributed by atoms with E-state index in [2.05, 4.69) is 140 Å². The molecule has 2 aliphatic rings. The van der Waals surface area contributed by atoms with Crippen LogP contribution >= 0.6 is 0 Å². The van der Waals surface area contributed by atoms with Crippen LogP contribution in [0.2, 0.25) is 0 Å². The summed E-state index contributed by atoms with van der Waals surface area (Å²) in [6.07, 6.45) is 14.3. The number of anilines is 1. The summed E-state index contributed by atoms with van der Waals surface area (Å²) in [5.41, 5.74) is 9.35. The topological polar surface area (TPSA) is 136 Å². The van der Waals surface area contributed by atoms with E-state index in [4.69, 9.17) is 0 Å². The van der Waals surface area contributed by atoms with Gasteiger partial charge >= 0.3 is 0 Å². The van der Waals surface area contributed by atoms with Crippen molar-refractivity contribution in [2.45, 2.75) is 96.8 Å². The van der Waals surface area contributed by atoms with E-state index in [1.54, 1.807) is 24.3 Å². The lowest BCUT2D eigenvalue weighted by molar-refractivity contribution is -0.438. The smallest absolute Gasteiger partial charge is 0.264 e. The fourth-order valence-electron chi connectivity index (χ4n) is 9.99. The average molecular weight is 948 g/mol. The van der Waals surface area contributed by atoms with E-state index in [0.29, 0.717) is 43.6 Å². The summed E-state index contributed by atoms with van der Waals surface area (Å²) < 4.78 is 34.6. The summed E-state index contributed by atoms with van der Waals surface area (Å²) in [6.45, 7) is 15.5. The Labute approximate surface area is 408 Å². The standard InChI is InChI=1S/C58H66N4O6S/c1-7-61-49-32-30-42(39-53(63)59-34-17-10-18-35-60-56(65)41(2)45-25-21-26-46(40-45)55(64)44-23-11-8-12-24-44)38-48(49)57(3,4)51(61)28-13-9-14-29-52-58(5,6)54-47-27-16-15-22-43(47)31-33-50(54)62(52)36-19-20-37-69(66,67)68/h8-9,11-16,21-33,38,40-41H,7,10,17-20,34-37,39H2,1-6H3,(H2-,59,60,63,65,66,67,68)/p+1/t41-/m0/s1. The molecule has 0 unspecified atom stereocenters. The van der Waals surface area contributed by atoms with E-state index in [-0.39, 0.29) is 40.6 Å². The Morgan fingerprint density at radius 2 is 1.48 bits per heavy atom. The van der Waals surface area contributed by atoms with Crippen LogP contribution in [-0.2, 0) is 37.0 Å². The second-order valence-electron chi connectivity index (χ2n) is 19.3. The number of likely N-dealkylation sites (N-methyl/N-ethyl adjacent to an activating group) is 1. The molecule has 0 aromatic heterocycles. The summed E-state index contributed by atoms with van der Waals surface area (Å²) in [5, 5.41) is 8.50. The number of allylic oxidation sites excluding steroid dienone is 6. The number of rotatable bonds is 21. The fraction of sp³-hybridized carbons (Fsp3) is 0.345. The van der Waals surface area contributed by atoms with Gasteiger partial charge in [-0.3, -0.25) is 18.9 Å². The Morgan fingerprint density at radius 3 is 2.23 bits per heavy atom. The van der Waals surface area contributed by atoms with E-state index >= 15 is 0 Å². The van der Waals surface area contributed by atoms with Gasteiger partial charge in [-0.15, -0.1) is 0 Å². The molecule has 10 nitrogen and oxygen atoms in total. The zero-order valence-corrected chi connectivity index (χ0v) is 41.7. The highest BCUT2D eigenvalue weighted by molar-refractivity contribution is 7.85. The first-order valence-electron chi connectivity index (χ1n) is 24.3. The van der Waals surface area contributed by atoms with E-state index in [9.17, 15) is 27.4 Å². The molecule has 11 heteroatoms. The number of benzene rings is 5. The number of unbranched alkanes of at least 4 members (excludes halogenated alkanes) is 3. The van der Waals surface area contributed by atoms with E-state index in [0.717, 1.165) is 54.0 Å². The number of carbonyl (C=O) groups is 3. The van der Waals surface area contributed by atoms with Crippen molar-refractivity contribution >= 4 is 55.6 Å². The monoisotopic (exact) mass is 947 g/mol. The highest BCUT2D eigenvalue weighted by Crippen LogP contribution is 2.48. The first-order valence-corrected chi connectivity index (χ1v) is 25.9. The quantitative estimate of drug-likeness (QED) is 0.0219. The van der Waals surface area contributed by atoms with Gasteiger partial charge in [0.15, 0.2) is 11.5 Å². The van der Waals surface area contributed by atoms with E-state index in [1.807, 2.05) is 37.3 Å². The summed E-state index contributed by atoms with van der Waals surface area (Å²) in [4.78, 5) is 41.4. The molecular weight excluding hydrogens is 881 g/mol. The van der Waals surface area contributed by atoms with Crippen molar-refractivity contribution in [3.63, 3.8) is 0 Å². The normalized spacial score (nSPS) is 16.1. The van der Waals surface area contributed by atoms with Crippen molar-refractivity contribution in [3.8, 4) is 0 Å². The maximum absolute atomic E-state index is 13.1. The fourth-order valence-corrected chi connectivity index (χ4v) is 10.6. The second-order valence-corrected chi connectivity index (χ2v) is 20.8. The zero-order valence-electron chi connectivity index (χ0n) is 40.9. The Bertz CT molecular complexity index is 2950. The summed E-state index contributed by atoms with van der Waals surface area (Å²) >= 11 is 0. The van der Waals surface area contributed by atoms with Gasteiger partial charge in [0.05, 0.1) is 23.5 Å². The third-order valence-electron chi connectivity index (χ3n) is 13.7. The molecule has 0 saturated carbocycles. The molecule has 69 heavy (non-hydrogen) atoms. The molecule has 5 aromatic carbocycles. The maximum atomic E-state index is 13.1. The van der Waals surface area contributed by atoms with Gasteiger partial charge in [0.25, 0.3) is 10.1 Å². The minimum Gasteiger partial charge on any atom is -0.356 e. The maximum Gasteiger partial charge on any atom is 0.264 e. The molecule has 0 fully saturated rings. The molecule has 2 heterocycles. The van der Waals surface area contributed by atoms with Crippen molar-refractivity contribution in [1.29, 1.82) is 0 Å². The molecule has 2 amide bonds. The predicted molar refractivity (Wildman–Crippen MR) is 280 cm³/mol. The van der Waals surface area contributed by atoms with Crippen LogP contribution in [0.3, 0.4) is 0 Å². The minimum atomic E-state index is -4.02. The van der Waals surface area contributed by atoms with Crippen molar-refractivity contribution in [1.82, 2.24) is 10.6 Å². The molecule has 0 bridgehead atoms. The first-order chi connectivity index (χ1) is 33.0. The number of hydrogen-bond acceptors (Lipinski definition) is 6. The van der Waals surface area contributed by atoms with Crippen LogP contribution in [-0.4, -0.2) is 72.8 Å². The molecule has 2 aliphatic heterocycles. The Morgan fingerprint density at radius 1 is 0.754 bits per heavy atom. The number of fused-ring (bicyclic) bond motifs is 4. The number of nitrogens with one attached hydrogen (secondary N) is 2. The van der Waals surface area contributed by atoms with Gasteiger partial charge in [-0.2, -0.15) is 13.0 Å². The molecule has 0 radical (unpaired) electrons. The zero-order chi connectivity index (χ0) is 49.3. The Hall–Kier alpha value is -6.43. The SMILES string of the molecule is CCN1/C(=C/C=C/C=C/C2=[N+](CCCCS(=O)(=O)O)c3ccc4ccccc4c3C2(C)C)C(C)(C)c2cc(CC(=O)NCCCCCNC(=O)[C@@H](C)c3cccc(C(=O)c4ccccc4)c3)ccc21. The highest BCUT2D eigenvalue weighted by Gasteiger charge is 2.45. The van der Waals surface area contributed by atoms with E-state index in [1.165, 1.54) is 27.6 Å². The molecule has 0 spiro atoms. The third-order valence-corrected chi connectivity index (χ3v) is 14.5. The van der Waals surface area contributed by atoms with Gasteiger partial charge in [0, 0.05) is 71.7 Å². The number of nitrogens with zero attached hydrogens (tertiary/aromatic N) is 2. The van der Waals surface area contributed by atoms with Crippen molar-refractivity contribution < 1.29 is 31.9 Å². The largest absolute Gasteiger partial charge is 0.356 e. The highest BCUT2D eigenvalue weighted by atomic mass is 32.2. The molecule has 1 atom stereocenters. The molecular formula is C58H67N4O6S+. The number of hydrogen-bond donors (Lipinski definition) is 3. The van der Waals surface area contributed by atoms with Gasteiger partial charge in [0.1, 0.15) is 6.54 Å². The molecule has 5 aromatic rings. The van der Waals surface area contributed by atoms with Crippen molar-refractivity contribution in [2.75, 3.05) is 36.8 Å². The van der Waals surface area contributed by atoms with Crippen LogP contribution in [0.15, 0.2) is 145 Å².